The summed E-state index contributed by atoms with van der Waals surface area (Å²) in [6.07, 6.45) is 1.86. The second-order valence-corrected chi connectivity index (χ2v) is 6.27. The van der Waals surface area contributed by atoms with Crippen LogP contribution in [0.4, 0.5) is 17.3 Å². The molecule has 2 rings (SSSR count). The minimum Gasteiger partial charge on any atom is -0.370 e. The lowest BCUT2D eigenvalue weighted by Gasteiger charge is -2.12. The molecule has 2 aromatic rings. The number of halogens is 2. The second kappa shape index (κ2) is 7.75. The van der Waals surface area contributed by atoms with E-state index >= 15 is 0 Å². The molecule has 0 unspecified atom stereocenters. The van der Waals surface area contributed by atoms with Crippen molar-refractivity contribution in [2.24, 2.45) is 0 Å². The van der Waals surface area contributed by atoms with E-state index in [9.17, 15) is 0 Å². The number of hydrogen-bond acceptors (Lipinski definition) is 4. The minimum absolute atomic E-state index is 0.785. The molecule has 2 N–H and O–H groups in total. The third-order valence-corrected chi connectivity index (χ3v) is 4.18. The van der Waals surface area contributed by atoms with E-state index < -0.39 is 0 Å². The summed E-state index contributed by atoms with van der Waals surface area (Å²) in [5.41, 5.74) is 0.958. The van der Waals surface area contributed by atoms with Crippen LogP contribution in [0.3, 0.4) is 0 Å². The highest BCUT2D eigenvalue weighted by molar-refractivity contribution is 9.11. The maximum absolute atomic E-state index is 4.53. The Morgan fingerprint density at radius 1 is 1.05 bits per heavy atom. The first-order chi connectivity index (χ1) is 10.1. The molecule has 1 aromatic heterocycles. The highest BCUT2D eigenvalue weighted by Gasteiger charge is 2.08. The summed E-state index contributed by atoms with van der Waals surface area (Å²) in [5, 5.41) is 6.66. The number of hydrogen-bond donors (Lipinski definition) is 2. The van der Waals surface area contributed by atoms with Gasteiger partial charge < -0.3 is 10.6 Å². The molecule has 0 saturated heterocycles. The Balaban J connectivity index is 2.30. The van der Waals surface area contributed by atoms with E-state index in [2.05, 4.69) is 66.3 Å². The average Bonchev–Trinajstić information content (AvgIpc) is 2.49. The second-order valence-electron chi connectivity index (χ2n) is 4.56. The first-order valence-corrected chi connectivity index (χ1v) is 8.55. The van der Waals surface area contributed by atoms with Crippen LogP contribution in [0, 0.1) is 0 Å². The molecular weight excluding hydrogens is 396 g/mol. The van der Waals surface area contributed by atoms with Gasteiger partial charge in [0.05, 0.1) is 5.69 Å². The molecule has 6 heteroatoms. The molecule has 0 bridgehead atoms. The van der Waals surface area contributed by atoms with Crippen LogP contribution in [0.5, 0.6) is 0 Å². The molecule has 0 atom stereocenters. The molecule has 1 aromatic carbocycles. The van der Waals surface area contributed by atoms with E-state index in [1.165, 1.54) is 0 Å². The van der Waals surface area contributed by atoms with Gasteiger partial charge in [0.15, 0.2) is 0 Å². The summed E-state index contributed by atoms with van der Waals surface area (Å²) >= 11 is 7.10. The normalized spacial score (nSPS) is 10.5. The van der Waals surface area contributed by atoms with E-state index in [4.69, 9.17) is 0 Å². The van der Waals surface area contributed by atoms with E-state index in [1.54, 1.807) is 0 Å². The first kappa shape index (κ1) is 16.2. The van der Waals surface area contributed by atoms with Crippen LogP contribution in [-0.2, 0) is 6.42 Å². The summed E-state index contributed by atoms with van der Waals surface area (Å²) < 4.78 is 1.97. The quantitative estimate of drug-likeness (QED) is 0.689. The zero-order valence-corrected chi connectivity index (χ0v) is 15.3. The molecule has 0 aliphatic carbocycles. The molecule has 0 aliphatic rings. The van der Waals surface area contributed by atoms with Gasteiger partial charge in [-0.2, -0.15) is 0 Å². The fourth-order valence-electron chi connectivity index (χ4n) is 1.81. The van der Waals surface area contributed by atoms with Gasteiger partial charge >= 0.3 is 0 Å². The van der Waals surface area contributed by atoms with Gasteiger partial charge in [0, 0.05) is 28.0 Å². The number of aromatic nitrogens is 2. The molecule has 4 nitrogen and oxygen atoms in total. The third kappa shape index (κ3) is 4.41. The van der Waals surface area contributed by atoms with Crippen molar-refractivity contribution in [3.8, 4) is 0 Å². The number of nitrogens with zero attached hydrogens (tertiary/aromatic N) is 2. The van der Waals surface area contributed by atoms with Crippen LogP contribution < -0.4 is 10.6 Å². The van der Waals surface area contributed by atoms with E-state index in [-0.39, 0.29) is 0 Å². The van der Waals surface area contributed by atoms with Gasteiger partial charge in [0.1, 0.15) is 17.5 Å². The molecule has 21 heavy (non-hydrogen) atoms. The zero-order valence-electron chi connectivity index (χ0n) is 12.1. The fourth-order valence-corrected chi connectivity index (χ4v) is 3.00. The lowest BCUT2D eigenvalue weighted by Crippen LogP contribution is -2.07. The van der Waals surface area contributed by atoms with Crippen molar-refractivity contribution in [2.45, 2.75) is 26.7 Å². The Morgan fingerprint density at radius 2 is 1.71 bits per heavy atom. The van der Waals surface area contributed by atoms with Crippen LogP contribution in [0.1, 0.15) is 26.1 Å². The number of anilines is 3. The average molecular weight is 414 g/mol. The van der Waals surface area contributed by atoms with Crippen molar-refractivity contribution in [3.05, 3.63) is 39.0 Å². The highest BCUT2D eigenvalue weighted by atomic mass is 79.9. The van der Waals surface area contributed by atoms with Gasteiger partial charge in [-0.05, 0) is 50.4 Å². The third-order valence-electron chi connectivity index (χ3n) is 2.86. The SMILES string of the molecule is CCCNc1cc(Nc2c(Br)cccc2Br)nc(CC)n1. The summed E-state index contributed by atoms with van der Waals surface area (Å²) in [7, 11) is 0. The Kier molecular flexibility index (Phi) is 5.99. The van der Waals surface area contributed by atoms with Crippen LogP contribution in [-0.4, -0.2) is 16.5 Å². The Labute approximate surface area is 142 Å². The summed E-state index contributed by atoms with van der Waals surface area (Å²) in [6, 6.07) is 7.89. The van der Waals surface area contributed by atoms with E-state index in [0.717, 1.165) is 51.5 Å². The number of aryl methyl sites for hydroxylation is 1. The van der Waals surface area contributed by atoms with Crippen molar-refractivity contribution >= 4 is 49.2 Å². The molecule has 0 radical (unpaired) electrons. The molecule has 0 fully saturated rings. The molecule has 0 amide bonds. The standard InChI is InChI=1S/C15H18Br2N4/c1-3-8-18-13-9-14(20-12(4-2)19-13)21-15-10(16)6-5-7-11(15)17/h5-7,9H,3-4,8H2,1-2H3,(H2,18,19,20,21). The lowest BCUT2D eigenvalue weighted by molar-refractivity contribution is 0.919. The smallest absolute Gasteiger partial charge is 0.136 e. The van der Waals surface area contributed by atoms with Crippen molar-refractivity contribution in [1.82, 2.24) is 9.97 Å². The minimum atomic E-state index is 0.785. The van der Waals surface area contributed by atoms with Crippen molar-refractivity contribution in [3.63, 3.8) is 0 Å². The predicted octanol–water partition coefficient (Wildman–Crippen LogP) is 5.13. The predicted molar refractivity (Wildman–Crippen MR) is 95.3 cm³/mol. The van der Waals surface area contributed by atoms with Crippen molar-refractivity contribution < 1.29 is 0 Å². The summed E-state index contributed by atoms with van der Waals surface area (Å²) in [6.45, 7) is 5.08. The molecule has 0 saturated carbocycles. The molecular formula is C15H18Br2N4. The Hall–Kier alpha value is -1.14. The van der Waals surface area contributed by atoms with Crippen LogP contribution in [0.15, 0.2) is 33.2 Å². The maximum atomic E-state index is 4.53. The number of benzene rings is 1. The number of rotatable bonds is 6. The van der Waals surface area contributed by atoms with Crippen LogP contribution >= 0.6 is 31.9 Å². The summed E-state index contributed by atoms with van der Waals surface area (Å²) in [4.78, 5) is 9.02. The monoisotopic (exact) mass is 412 g/mol. The lowest BCUT2D eigenvalue weighted by atomic mass is 10.3. The maximum Gasteiger partial charge on any atom is 0.136 e. The first-order valence-electron chi connectivity index (χ1n) is 6.97. The zero-order chi connectivity index (χ0) is 15.2. The van der Waals surface area contributed by atoms with E-state index in [0.29, 0.717) is 0 Å². The van der Waals surface area contributed by atoms with Gasteiger partial charge in [0.2, 0.25) is 0 Å². The molecule has 112 valence electrons. The van der Waals surface area contributed by atoms with Gasteiger partial charge in [-0.15, -0.1) is 0 Å². The molecule has 1 heterocycles. The number of para-hydroxylation sites is 1. The topological polar surface area (TPSA) is 49.8 Å². The van der Waals surface area contributed by atoms with Crippen LogP contribution in [0.2, 0.25) is 0 Å². The molecule has 0 aliphatic heterocycles. The highest BCUT2D eigenvalue weighted by Crippen LogP contribution is 2.33. The Bertz CT molecular complexity index is 596. The largest absolute Gasteiger partial charge is 0.370 e. The Morgan fingerprint density at radius 3 is 2.33 bits per heavy atom. The van der Waals surface area contributed by atoms with Gasteiger partial charge in [-0.1, -0.05) is 19.9 Å². The van der Waals surface area contributed by atoms with E-state index in [1.807, 2.05) is 24.3 Å². The fraction of sp³-hybridized carbons (Fsp3) is 0.333. The van der Waals surface area contributed by atoms with Crippen molar-refractivity contribution in [1.29, 1.82) is 0 Å². The molecule has 0 spiro atoms. The van der Waals surface area contributed by atoms with Gasteiger partial charge in [-0.25, -0.2) is 9.97 Å². The van der Waals surface area contributed by atoms with Crippen molar-refractivity contribution in [2.75, 3.05) is 17.2 Å². The van der Waals surface area contributed by atoms with Gasteiger partial charge in [0.25, 0.3) is 0 Å². The summed E-state index contributed by atoms with van der Waals surface area (Å²) in [5.74, 6) is 2.46. The van der Waals surface area contributed by atoms with Crippen LogP contribution in [0.25, 0.3) is 0 Å². The number of nitrogens with one attached hydrogen (secondary N) is 2. The van der Waals surface area contributed by atoms with Gasteiger partial charge in [-0.3, -0.25) is 0 Å².